The van der Waals surface area contributed by atoms with Crippen LogP contribution in [0.4, 0.5) is 4.79 Å². The van der Waals surface area contributed by atoms with Gasteiger partial charge in [0, 0.05) is 19.7 Å². The maximum absolute atomic E-state index is 12.8. The van der Waals surface area contributed by atoms with E-state index in [1.54, 1.807) is 0 Å². The van der Waals surface area contributed by atoms with Crippen LogP contribution in [0.1, 0.15) is 112 Å². The Morgan fingerprint density at radius 1 is 0.950 bits per heavy atom. The first kappa shape index (κ1) is 30.6. The third-order valence-electron chi connectivity index (χ3n) is 14.1. The van der Waals surface area contributed by atoms with Gasteiger partial charge in [0.25, 0.3) is 0 Å². The molecule has 1 heterocycles. The molecule has 4 aliphatic carbocycles. The number of aliphatic hydroxyl groups is 3. The number of ether oxygens (including phenoxy) is 1. The predicted molar refractivity (Wildman–Crippen MR) is 158 cm³/mol. The molecule has 0 spiro atoms. The standard InChI is InChI=1S/C34H59NO5/c1-6-24-28-20-23(37)10-13-33(28,5)27-11-14-32(4)25(8-9-26(32)29(27)30(24)38)22(3)12-19-40-31(39)35-17-15-34(7-2,21-36)16-18-35/h22-30,36-38H,6-21H2,1-5H3/t22-,23-,24-,25-,26+,27+,28+,29+,30-,32-,33-/m1/s1. The van der Waals surface area contributed by atoms with Gasteiger partial charge in [-0.05, 0) is 128 Å². The second-order valence-corrected chi connectivity index (χ2v) is 15.5. The molecule has 4 saturated carbocycles. The van der Waals surface area contributed by atoms with Crippen LogP contribution < -0.4 is 0 Å². The number of carbonyl (C=O) groups excluding carboxylic acids is 1. The van der Waals surface area contributed by atoms with E-state index < -0.39 is 0 Å². The van der Waals surface area contributed by atoms with Crippen molar-refractivity contribution in [3.05, 3.63) is 0 Å². The van der Waals surface area contributed by atoms with E-state index >= 15 is 0 Å². The maximum atomic E-state index is 12.8. The van der Waals surface area contributed by atoms with Crippen LogP contribution in [0.2, 0.25) is 0 Å². The third-order valence-corrected chi connectivity index (χ3v) is 14.1. The highest BCUT2D eigenvalue weighted by molar-refractivity contribution is 5.67. The van der Waals surface area contributed by atoms with E-state index in [1.165, 1.54) is 25.7 Å². The van der Waals surface area contributed by atoms with Gasteiger partial charge in [0.05, 0.1) is 18.8 Å². The van der Waals surface area contributed by atoms with Crippen LogP contribution in [-0.4, -0.2) is 64.8 Å². The van der Waals surface area contributed by atoms with Crippen molar-refractivity contribution in [2.24, 2.45) is 57.7 Å². The number of aliphatic hydroxyl groups excluding tert-OH is 3. The molecule has 1 amide bonds. The second kappa shape index (κ2) is 11.7. The average molecular weight is 562 g/mol. The Balaban J connectivity index is 1.20. The molecule has 0 aromatic heterocycles. The summed E-state index contributed by atoms with van der Waals surface area (Å²) in [5.74, 6) is 3.34. The number of piperidine rings is 1. The molecule has 5 fully saturated rings. The van der Waals surface area contributed by atoms with E-state index in [-0.39, 0.29) is 41.2 Å². The van der Waals surface area contributed by atoms with Crippen molar-refractivity contribution in [1.29, 1.82) is 0 Å². The summed E-state index contributed by atoms with van der Waals surface area (Å²) >= 11 is 0. The molecule has 3 N–H and O–H groups in total. The lowest BCUT2D eigenvalue weighted by Crippen LogP contribution is -2.62. The van der Waals surface area contributed by atoms with E-state index in [1.807, 2.05) is 4.90 Å². The van der Waals surface area contributed by atoms with Crippen LogP contribution in [0.3, 0.4) is 0 Å². The Kier molecular flexibility index (Phi) is 8.93. The molecule has 0 radical (unpaired) electrons. The van der Waals surface area contributed by atoms with Crippen LogP contribution >= 0.6 is 0 Å². The molecular formula is C34H59NO5. The SMILES string of the molecule is CC[C@H]1[C@@H](O)[C@@H]2[C@H](CC[C@]3(C)[C@@H]([C@H](C)CCOC(=O)N4CCC(CC)(CO)CC4)CC[C@@H]23)[C@@]2(C)CC[C@@H](O)C[C@@H]12. The molecule has 40 heavy (non-hydrogen) atoms. The van der Waals surface area contributed by atoms with Crippen molar-refractivity contribution in [3.63, 3.8) is 0 Å². The van der Waals surface area contributed by atoms with Crippen LogP contribution in [0, 0.1) is 57.7 Å². The molecule has 5 aliphatic rings. The molecule has 6 heteroatoms. The van der Waals surface area contributed by atoms with Gasteiger partial charge in [0.1, 0.15) is 0 Å². The number of hydrogen-bond acceptors (Lipinski definition) is 5. The van der Waals surface area contributed by atoms with Gasteiger partial charge in [0.15, 0.2) is 0 Å². The van der Waals surface area contributed by atoms with Gasteiger partial charge in [0.2, 0.25) is 0 Å². The van der Waals surface area contributed by atoms with E-state index in [9.17, 15) is 20.1 Å². The summed E-state index contributed by atoms with van der Waals surface area (Å²) in [5, 5.41) is 32.3. The minimum absolute atomic E-state index is 0.0294. The number of nitrogens with zero attached hydrogens (tertiary/aromatic N) is 1. The van der Waals surface area contributed by atoms with Crippen LogP contribution in [0.25, 0.3) is 0 Å². The molecule has 0 unspecified atom stereocenters. The molecule has 6 nitrogen and oxygen atoms in total. The van der Waals surface area contributed by atoms with Gasteiger partial charge in [-0.1, -0.05) is 41.0 Å². The van der Waals surface area contributed by atoms with Gasteiger partial charge in [-0.25, -0.2) is 4.79 Å². The van der Waals surface area contributed by atoms with Gasteiger partial charge >= 0.3 is 6.09 Å². The highest BCUT2D eigenvalue weighted by Crippen LogP contribution is 2.69. The fraction of sp³-hybridized carbons (Fsp3) is 0.971. The van der Waals surface area contributed by atoms with Gasteiger partial charge in [-0.3, -0.25) is 0 Å². The molecule has 1 saturated heterocycles. The normalized spacial score (nSPS) is 45.2. The Morgan fingerprint density at radius 2 is 1.62 bits per heavy atom. The number of hydrogen-bond donors (Lipinski definition) is 3. The Bertz CT molecular complexity index is 882. The number of rotatable bonds is 7. The van der Waals surface area contributed by atoms with Gasteiger partial charge in [-0.15, -0.1) is 0 Å². The van der Waals surface area contributed by atoms with Crippen LogP contribution in [-0.2, 0) is 4.74 Å². The Morgan fingerprint density at radius 3 is 2.27 bits per heavy atom. The summed E-state index contributed by atoms with van der Waals surface area (Å²) in [6, 6.07) is 0. The lowest BCUT2D eigenvalue weighted by molar-refractivity contribution is -0.203. The van der Waals surface area contributed by atoms with E-state index in [4.69, 9.17) is 4.74 Å². The highest BCUT2D eigenvalue weighted by Gasteiger charge is 2.64. The second-order valence-electron chi connectivity index (χ2n) is 15.5. The van der Waals surface area contributed by atoms with Crippen molar-refractivity contribution in [2.45, 2.75) is 124 Å². The van der Waals surface area contributed by atoms with E-state index in [2.05, 4.69) is 34.6 Å². The van der Waals surface area contributed by atoms with Gasteiger partial charge in [-0.2, -0.15) is 0 Å². The summed E-state index contributed by atoms with van der Waals surface area (Å²) in [6.07, 6.45) is 11.7. The summed E-state index contributed by atoms with van der Waals surface area (Å²) < 4.78 is 5.79. The fourth-order valence-electron chi connectivity index (χ4n) is 11.3. The molecule has 1 aliphatic heterocycles. The zero-order valence-corrected chi connectivity index (χ0v) is 26.1. The first-order valence-corrected chi connectivity index (χ1v) is 16.9. The fourth-order valence-corrected chi connectivity index (χ4v) is 11.3. The van der Waals surface area contributed by atoms with Crippen molar-refractivity contribution >= 4 is 6.09 Å². The summed E-state index contributed by atoms with van der Waals surface area (Å²) in [6.45, 7) is 13.8. The van der Waals surface area contributed by atoms with Crippen LogP contribution in [0.15, 0.2) is 0 Å². The summed E-state index contributed by atoms with van der Waals surface area (Å²) in [5.41, 5.74) is 0.450. The quantitative estimate of drug-likeness (QED) is 0.341. The molecular weight excluding hydrogens is 502 g/mol. The average Bonchev–Trinajstić information content (AvgIpc) is 3.31. The third kappa shape index (κ3) is 5.04. The molecule has 0 bridgehead atoms. The van der Waals surface area contributed by atoms with Crippen molar-refractivity contribution < 1.29 is 24.9 Å². The molecule has 5 rings (SSSR count). The molecule has 230 valence electrons. The first-order valence-electron chi connectivity index (χ1n) is 16.9. The lowest BCUT2D eigenvalue weighted by Gasteiger charge is -2.64. The van der Waals surface area contributed by atoms with Crippen molar-refractivity contribution in [3.8, 4) is 0 Å². The number of carbonyl (C=O) groups is 1. The highest BCUT2D eigenvalue weighted by atomic mass is 16.6. The lowest BCUT2D eigenvalue weighted by atomic mass is 9.41. The van der Waals surface area contributed by atoms with E-state index in [0.717, 1.165) is 51.4 Å². The molecule has 0 aromatic carbocycles. The largest absolute Gasteiger partial charge is 0.449 e. The zero-order chi connectivity index (χ0) is 28.9. The van der Waals surface area contributed by atoms with Crippen LogP contribution in [0.5, 0.6) is 0 Å². The topological polar surface area (TPSA) is 90.2 Å². The molecule has 11 atom stereocenters. The summed E-state index contributed by atoms with van der Waals surface area (Å²) in [4.78, 5) is 14.6. The van der Waals surface area contributed by atoms with E-state index in [0.29, 0.717) is 61.1 Å². The Hall–Kier alpha value is -0.850. The minimum Gasteiger partial charge on any atom is -0.449 e. The number of fused-ring (bicyclic) bond motifs is 5. The smallest absolute Gasteiger partial charge is 0.409 e. The maximum Gasteiger partial charge on any atom is 0.409 e. The minimum atomic E-state index is -0.250. The van der Waals surface area contributed by atoms with Crippen molar-refractivity contribution in [2.75, 3.05) is 26.3 Å². The van der Waals surface area contributed by atoms with Gasteiger partial charge < -0.3 is 25.0 Å². The first-order chi connectivity index (χ1) is 19.0. The Labute approximate surface area is 243 Å². The number of amides is 1. The monoisotopic (exact) mass is 561 g/mol. The zero-order valence-electron chi connectivity index (χ0n) is 26.1. The predicted octanol–water partition coefficient (Wildman–Crippen LogP) is 6.26. The summed E-state index contributed by atoms with van der Waals surface area (Å²) in [7, 11) is 0. The van der Waals surface area contributed by atoms with Crippen molar-refractivity contribution in [1.82, 2.24) is 4.90 Å². The number of likely N-dealkylation sites (tertiary alicyclic amines) is 1. The molecule has 0 aromatic rings.